The van der Waals surface area contributed by atoms with Crippen molar-refractivity contribution in [3.63, 3.8) is 0 Å². The second-order valence-corrected chi connectivity index (χ2v) is 5.71. The average molecular weight is 272 g/mol. The van der Waals surface area contributed by atoms with Crippen molar-refractivity contribution >= 4 is 0 Å². The van der Waals surface area contributed by atoms with E-state index < -0.39 is 13.0 Å². The van der Waals surface area contributed by atoms with Gasteiger partial charge in [-0.25, -0.2) is 13.8 Å². The van der Waals surface area contributed by atoms with E-state index in [1.165, 1.54) is 0 Å². The number of hydrogen-bond acceptors (Lipinski definition) is 3. The minimum Gasteiger partial charge on any atom is -0.471 e. The van der Waals surface area contributed by atoms with Crippen LogP contribution in [0.5, 0.6) is 5.88 Å². The van der Waals surface area contributed by atoms with Crippen molar-refractivity contribution in [2.24, 2.45) is 0 Å². The smallest absolute Gasteiger partial charge is 0.272 e. The fourth-order valence-electron chi connectivity index (χ4n) is 1.85. The number of nitrogens with one attached hydrogen (secondary N) is 1. The van der Waals surface area contributed by atoms with Crippen molar-refractivity contribution in [1.29, 1.82) is 0 Å². The van der Waals surface area contributed by atoms with Crippen LogP contribution in [-0.2, 0) is 0 Å². The number of nitrogens with zero attached hydrogens (tertiary/aromatic N) is 1. The molecule has 3 nitrogen and oxygen atoms in total. The second-order valence-electron chi connectivity index (χ2n) is 5.71. The molecule has 1 heterocycles. The van der Waals surface area contributed by atoms with E-state index in [-0.39, 0.29) is 17.5 Å². The third-order valence-electron chi connectivity index (χ3n) is 2.55. The summed E-state index contributed by atoms with van der Waals surface area (Å²) >= 11 is 0. The van der Waals surface area contributed by atoms with Crippen LogP contribution >= 0.6 is 0 Å². The van der Waals surface area contributed by atoms with Gasteiger partial charge in [0.25, 0.3) is 6.43 Å². The molecule has 0 amide bonds. The van der Waals surface area contributed by atoms with Crippen molar-refractivity contribution < 1.29 is 13.5 Å². The van der Waals surface area contributed by atoms with Gasteiger partial charge < -0.3 is 10.1 Å². The first-order valence-electron chi connectivity index (χ1n) is 6.34. The van der Waals surface area contributed by atoms with Gasteiger partial charge in [0.05, 0.1) is 0 Å². The van der Waals surface area contributed by atoms with Crippen molar-refractivity contribution in [2.45, 2.75) is 52.6 Å². The lowest BCUT2D eigenvalue weighted by Gasteiger charge is -2.26. The number of ether oxygens (including phenoxy) is 1. The molecule has 1 rings (SSSR count). The Labute approximate surface area is 113 Å². The zero-order valence-corrected chi connectivity index (χ0v) is 12.1. The molecule has 1 N–H and O–H groups in total. The van der Waals surface area contributed by atoms with E-state index in [0.717, 1.165) is 11.1 Å². The first-order chi connectivity index (χ1) is 8.69. The van der Waals surface area contributed by atoms with Crippen LogP contribution in [0.3, 0.4) is 0 Å². The molecule has 1 aromatic heterocycles. The van der Waals surface area contributed by atoms with Crippen molar-refractivity contribution in [1.82, 2.24) is 10.3 Å². The van der Waals surface area contributed by atoms with E-state index in [2.05, 4.69) is 31.1 Å². The van der Waals surface area contributed by atoms with Crippen molar-refractivity contribution in [3.05, 3.63) is 23.4 Å². The second kappa shape index (κ2) is 6.28. The Kier molecular flexibility index (Phi) is 5.23. The molecule has 1 unspecified atom stereocenters. The molecule has 19 heavy (non-hydrogen) atoms. The van der Waals surface area contributed by atoms with Gasteiger partial charge in [-0.15, -0.1) is 0 Å². The molecule has 0 fully saturated rings. The van der Waals surface area contributed by atoms with Crippen LogP contribution in [0.1, 0.15) is 44.9 Å². The van der Waals surface area contributed by atoms with Gasteiger partial charge in [0.1, 0.15) is 0 Å². The third-order valence-corrected chi connectivity index (χ3v) is 2.55. The maximum absolute atomic E-state index is 12.1. The van der Waals surface area contributed by atoms with Crippen molar-refractivity contribution in [3.8, 4) is 5.88 Å². The Bertz CT molecular complexity index is 416. The molecular formula is C14H22F2N2O. The fraction of sp³-hybridized carbons (Fsp3) is 0.643. The van der Waals surface area contributed by atoms with E-state index in [9.17, 15) is 8.78 Å². The maximum Gasteiger partial charge on any atom is 0.272 e. The lowest BCUT2D eigenvalue weighted by Crippen LogP contribution is -2.37. The van der Waals surface area contributed by atoms with Gasteiger partial charge in [-0.3, -0.25) is 0 Å². The molecule has 1 atom stereocenters. The van der Waals surface area contributed by atoms with Gasteiger partial charge in [-0.1, -0.05) is 0 Å². The Hall–Kier alpha value is -1.23. The highest BCUT2D eigenvalue weighted by molar-refractivity contribution is 5.30. The predicted molar refractivity (Wildman–Crippen MR) is 71.8 cm³/mol. The minimum atomic E-state index is -2.48. The van der Waals surface area contributed by atoms with Gasteiger partial charge >= 0.3 is 0 Å². The summed E-state index contributed by atoms with van der Waals surface area (Å²) in [5, 5.41) is 3.43. The first-order valence-corrected chi connectivity index (χ1v) is 6.34. The number of hydrogen-bond donors (Lipinski definition) is 1. The number of alkyl halides is 2. The lowest BCUT2D eigenvalue weighted by molar-refractivity contribution is 0.0792. The molecule has 108 valence electrons. The highest BCUT2D eigenvalue weighted by Crippen LogP contribution is 2.21. The van der Waals surface area contributed by atoms with Gasteiger partial charge in [-0.2, -0.15) is 0 Å². The van der Waals surface area contributed by atoms with Crippen LogP contribution in [0.25, 0.3) is 0 Å². The van der Waals surface area contributed by atoms with Crippen LogP contribution in [0.2, 0.25) is 0 Å². The molecular weight excluding hydrogens is 250 g/mol. The number of rotatable bonds is 5. The third kappa shape index (κ3) is 5.51. The van der Waals surface area contributed by atoms with Crippen LogP contribution in [0.4, 0.5) is 8.78 Å². The van der Waals surface area contributed by atoms with Gasteiger partial charge in [0.2, 0.25) is 5.88 Å². The number of halogens is 2. The average Bonchev–Trinajstić information content (AvgIpc) is 2.24. The highest BCUT2D eigenvalue weighted by atomic mass is 19.3. The van der Waals surface area contributed by atoms with E-state index in [1.54, 1.807) is 13.1 Å². The monoisotopic (exact) mass is 272 g/mol. The fourth-order valence-corrected chi connectivity index (χ4v) is 1.85. The van der Waals surface area contributed by atoms with Crippen molar-refractivity contribution in [2.75, 3.05) is 6.61 Å². The van der Waals surface area contributed by atoms with E-state index >= 15 is 0 Å². The van der Waals surface area contributed by atoms with Crippen LogP contribution in [-0.4, -0.2) is 23.6 Å². The van der Waals surface area contributed by atoms with E-state index in [1.807, 2.05) is 13.0 Å². The molecule has 0 aliphatic carbocycles. The first kappa shape index (κ1) is 15.8. The molecule has 1 aromatic rings. The topological polar surface area (TPSA) is 34.2 Å². The largest absolute Gasteiger partial charge is 0.471 e. The maximum atomic E-state index is 12.1. The van der Waals surface area contributed by atoms with Crippen LogP contribution in [0.15, 0.2) is 12.3 Å². The van der Waals surface area contributed by atoms with E-state index in [4.69, 9.17) is 4.74 Å². The molecule has 0 saturated heterocycles. The number of pyridine rings is 1. The summed E-state index contributed by atoms with van der Waals surface area (Å²) in [6.45, 7) is 9.49. The normalized spacial score (nSPS) is 13.7. The summed E-state index contributed by atoms with van der Waals surface area (Å²) in [6, 6.07) is 2.05. The molecule has 5 heteroatoms. The highest BCUT2D eigenvalue weighted by Gasteiger charge is 2.16. The Balaban J connectivity index is 2.76. The zero-order chi connectivity index (χ0) is 14.6. The summed E-state index contributed by atoms with van der Waals surface area (Å²) in [5.41, 5.74) is 1.77. The SMILES string of the molecule is Cc1cc(C(C)NC(C)(C)C)cnc1OCC(F)F. The Morgan fingerprint density at radius 2 is 2.00 bits per heavy atom. The molecule has 0 aromatic carbocycles. The minimum absolute atomic E-state index is 0.00182. The Morgan fingerprint density at radius 3 is 2.47 bits per heavy atom. The summed E-state index contributed by atoms with van der Waals surface area (Å²) in [7, 11) is 0. The predicted octanol–water partition coefficient (Wildman–Crippen LogP) is 3.48. The summed E-state index contributed by atoms with van der Waals surface area (Å²) < 4.78 is 29.1. The van der Waals surface area contributed by atoms with Gasteiger partial charge in [0, 0.05) is 23.3 Å². The molecule has 0 bridgehead atoms. The number of aryl methyl sites for hydroxylation is 1. The number of aromatic nitrogens is 1. The van der Waals surface area contributed by atoms with Crippen LogP contribution in [0, 0.1) is 6.92 Å². The lowest BCUT2D eigenvalue weighted by atomic mass is 10.0. The summed E-state index contributed by atoms with van der Waals surface area (Å²) in [5.74, 6) is 0.270. The van der Waals surface area contributed by atoms with Gasteiger partial charge in [0.15, 0.2) is 6.61 Å². The summed E-state index contributed by atoms with van der Waals surface area (Å²) in [4.78, 5) is 4.11. The van der Waals surface area contributed by atoms with E-state index in [0.29, 0.717) is 0 Å². The molecule has 0 saturated carbocycles. The summed E-state index contributed by atoms with van der Waals surface area (Å²) in [6.07, 6.45) is -0.820. The standard InChI is InChI=1S/C14H22F2N2O/c1-9-6-11(10(2)18-14(3,4)5)7-17-13(9)19-8-12(15)16/h6-7,10,12,18H,8H2,1-5H3. The van der Waals surface area contributed by atoms with Crippen LogP contribution < -0.4 is 10.1 Å². The molecule has 0 radical (unpaired) electrons. The molecule has 0 aliphatic rings. The molecule has 0 spiro atoms. The molecule has 0 aliphatic heterocycles. The Morgan fingerprint density at radius 1 is 1.37 bits per heavy atom. The zero-order valence-electron chi connectivity index (χ0n) is 12.1. The van der Waals surface area contributed by atoms with Gasteiger partial charge in [-0.05, 0) is 46.2 Å². The quantitative estimate of drug-likeness (QED) is 0.891.